The van der Waals surface area contributed by atoms with Crippen molar-refractivity contribution in [3.8, 4) is 17.2 Å². The molecule has 6 rings (SSSR count). The number of para-hydroxylation sites is 1. The Morgan fingerprint density at radius 3 is 2.54 bits per heavy atom. The van der Waals surface area contributed by atoms with Crippen molar-refractivity contribution in [2.24, 2.45) is 5.92 Å². The normalized spacial score (nSPS) is 27.9. The van der Waals surface area contributed by atoms with Crippen LogP contribution >= 0.6 is 7.82 Å². The van der Waals surface area contributed by atoms with Crippen LogP contribution in [0.15, 0.2) is 48.6 Å². The van der Waals surface area contributed by atoms with Gasteiger partial charge >= 0.3 is 19.8 Å². The highest BCUT2D eigenvalue weighted by Gasteiger charge is 2.65. The molecule has 2 aromatic rings. The molecule has 1 spiro atoms. The summed E-state index contributed by atoms with van der Waals surface area (Å²) in [6, 6.07) is 10.3. The molecule has 2 bridgehead atoms. The van der Waals surface area contributed by atoms with Crippen LogP contribution in [0.25, 0.3) is 0 Å². The summed E-state index contributed by atoms with van der Waals surface area (Å²) in [5, 5.41) is 8.69. The summed E-state index contributed by atoms with van der Waals surface area (Å²) in [5.41, 5.74) is 2.04. The number of aromatic carboxylic acids is 1. The highest BCUT2D eigenvalue weighted by Crippen LogP contribution is 2.63. The maximum absolute atomic E-state index is 11.5. The molecule has 12 heteroatoms. The number of methoxy groups -OCH3 is 1. The van der Waals surface area contributed by atoms with Gasteiger partial charge in [-0.15, -0.1) is 0 Å². The number of phosphoric ester groups is 1. The lowest BCUT2D eigenvalue weighted by Crippen LogP contribution is -2.65. The Labute approximate surface area is 225 Å². The zero-order valence-electron chi connectivity index (χ0n) is 21.6. The van der Waals surface area contributed by atoms with Crippen LogP contribution in [0.2, 0.25) is 0 Å². The third-order valence-electron chi connectivity index (χ3n) is 7.97. The smallest absolute Gasteiger partial charge is 0.470 e. The van der Waals surface area contributed by atoms with E-state index in [-0.39, 0.29) is 22.6 Å². The first kappa shape index (κ1) is 27.4. The Kier molecular flexibility index (Phi) is 7.07. The summed E-state index contributed by atoms with van der Waals surface area (Å²) in [5.74, 6) is 0.0291. The maximum Gasteiger partial charge on any atom is 0.470 e. The standard InChI is InChI=1S/C18H22NO6P.C9H8O4/c1-19-8-7-18-11-4-6-14(25-26(20,21)22)17(18)24-16-13(23-2)5-3-10(15(16)18)9-12(11)19;1-6(10)13-8-5-3-2-4-7(8)9(11)12/h3-6,11-12,14,17H,7-9H2,1-2H3,(H2,20,21,22);2-5H,1H3,(H,11,12)/t11-,12+,14-,17-,18-;/m0./s1. The molecular formula is C27H30NO10P. The number of benzene rings is 2. The van der Waals surface area contributed by atoms with Crippen LogP contribution in [-0.4, -0.2) is 70.7 Å². The number of carbonyl (C=O) groups is 2. The number of hydrogen-bond donors (Lipinski definition) is 3. The number of likely N-dealkylation sites (tertiary alicyclic amines) is 1. The number of nitrogens with zero attached hydrogens (tertiary/aromatic N) is 1. The molecule has 1 saturated heterocycles. The highest BCUT2D eigenvalue weighted by molar-refractivity contribution is 7.46. The van der Waals surface area contributed by atoms with Gasteiger partial charge in [-0.3, -0.25) is 9.32 Å². The molecule has 0 saturated carbocycles. The first-order valence-electron chi connectivity index (χ1n) is 12.5. The van der Waals surface area contributed by atoms with Gasteiger partial charge in [0.15, 0.2) is 11.5 Å². The van der Waals surface area contributed by atoms with E-state index in [1.165, 1.54) is 24.6 Å². The quantitative estimate of drug-likeness (QED) is 0.215. The first-order valence-corrected chi connectivity index (χ1v) is 14.0. The Morgan fingerprint density at radius 2 is 1.87 bits per heavy atom. The molecule has 2 aliphatic heterocycles. The summed E-state index contributed by atoms with van der Waals surface area (Å²) in [7, 11) is -0.879. The average Bonchev–Trinajstić information content (AvgIpc) is 3.22. The lowest BCUT2D eigenvalue weighted by atomic mass is 9.53. The molecule has 2 aliphatic carbocycles. The van der Waals surface area contributed by atoms with Gasteiger partial charge in [0, 0.05) is 29.9 Å². The zero-order chi connectivity index (χ0) is 28.1. The minimum Gasteiger partial charge on any atom is -0.493 e. The Balaban J connectivity index is 0.000000201. The molecule has 4 aliphatic rings. The van der Waals surface area contributed by atoms with Crippen LogP contribution in [0.1, 0.15) is 34.8 Å². The summed E-state index contributed by atoms with van der Waals surface area (Å²) >= 11 is 0. The number of carboxylic acids is 1. The molecule has 5 atom stereocenters. The van der Waals surface area contributed by atoms with Gasteiger partial charge in [0.1, 0.15) is 23.5 Å². The fourth-order valence-corrected chi connectivity index (χ4v) is 7.00. The topological polar surface area (TPSA) is 152 Å². The van der Waals surface area contributed by atoms with Crippen molar-refractivity contribution in [2.45, 2.75) is 43.4 Å². The molecule has 2 heterocycles. The molecular weight excluding hydrogens is 529 g/mol. The van der Waals surface area contributed by atoms with E-state index in [2.05, 4.69) is 28.8 Å². The molecule has 0 amide bonds. The number of carbonyl (C=O) groups excluding carboxylic acids is 1. The Hall–Kier alpha value is -3.21. The van der Waals surface area contributed by atoms with Gasteiger partial charge in [-0.1, -0.05) is 30.4 Å². The number of piperidine rings is 1. The number of rotatable bonds is 5. The van der Waals surface area contributed by atoms with Crippen molar-refractivity contribution in [1.29, 1.82) is 0 Å². The molecule has 0 aromatic heterocycles. The molecule has 0 radical (unpaired) electrons. The van der Waals surface area contributed by atoms with Gasteiger partial charge in [0.25, 0.3) is 0 Å². The second kappa shape index (κ2) is 10.1. The number of ether oxygens (including phenoxy) is 3. The van der Waals surface area contributed by atoms with Gasteiger partial charge in [-0.2, -0.15) is 0 Å². The van der Waals surface area contributed by atoms with E-state index in [1.54, 1.807) is 25.3 Å². The molecule has 1 fully saturated rings. The third kappa shape index (κ3) is 4.74. The van der Waals surface area contributed by atoms with Gasteiger partial charge in [-0.25, -0.2) is 9.36 Å². The fourth-order valence-electron chi connectivity index (χ4n) is 6.51. The lowest BCUT2D eigenvalue weighted by Gasteiger charge is -2.56. The van der Waals surface area contributed by atoms with Crippen molar-refractivity contribution in [3.05, 3.63) is 65.2 Å². The molecule has 39 heavy (non-hydrogen) atoms. The van der Waals surface area contributed by atoms with Crippen LogP contribution in [0, 0.1) is 5.92 Å². The van der Waals surface area contributed by atoms with Crippen molar-refractivity contribution >= 4 is 19.8 Å². The van der Waals surface area contributed by atoms with Crippen LogP contribution in [-0.2, 0) is 25.7 Å². The Bertz CT molecular complexity index is 1390. The van der Waals surface area contributed by atoms with E-state index in [1.807, 2.05) is 6.07 Å². The first-order chi connectivity index (χ1) is 18.5. The van der Waals surface area contributed by atoms with E-state index in [9.17, 15) is 23.9 Å². The summed E-state index contributed by atoms with van der Waals surface area (Å²) in [6.07, 6.45) is 4.37. The van der Waals surface area contributed by atoms with Gasteiger partial charge in [0.05, 0.1) is 7.11 Å². The third-order valence-corrected chi connectivity index (χ3v) is 8.48. The zero-order valence-corrected chi connectivity index (χ0v) is 22.5. The Morgan fingerprint density at radius 1 is 1.13 bits per heavy atom. The monoisotopic (exact) mass is 559 g/mol. The van der Waals surface area contributed by atoms with Gasteiger partial charge < -0.3 is 34.0 Å². The van der Waals surface area contributed by atoms with Crippen molar-refractivity contribution < 1.29 is 47.8 Å². The molecule has 3 N–H and O–H groups in total. The van der Waals surface area contributed by atoms with Crippen molar-refractivity contribution in [2.75, 3.05) is 20.7 Å². The molecule has 208 valence electrons. The van der Waals surface area contributed by atoms with E-state index >= 15 is 0 Å². The van der Waals surface area contributed by atoms with Crippen LogP contribution < -0.4 is 14.2 Å². The van der Waals surface area contributed by atoms with Crippen molar-refractivity contribution in [3.63, 3.8) is 0 Å². The van der Waals surface area contributed by atoms with Gasteiger partial charge in [-0.05, 0) is 50.2 Å². The second-order valence-corrected chi connectivity index (χ2v) is 11.3. The predicted molar refractivity (Wildman–Crippen MR) is 138 cm³/mol. The van der Waals surface area contributed by atoms with Crippen LogP contribution in [0.4, 0.5) is 0 Å². The lowest BCUT2D eigenvalue weighted by molar-refractivity contribution is -0.131. The summed E-state index contributed by atoms with van der Waals surface area (Å²) < 4.78 is 33.2. The van der Waals surface area contributed by atoms with Crippen LogP contribution in [0.5, 0.6) is 17.2 Å². The van der Waals surface area contributed by atoms with E-state index in [4.69, 9.17) is 19.1 Å². The second-order valence-electron chi connectivity index (χ2n) is 10.1. The number of carboxylic acid groups (broad SMARTS) is 1. The minimum atomic E-state index is -4.63. The largest absolute Gasteiger partial charge is 0.493 e. The SMILES string of the molecule is CC(=O)Oc1ccccc1C(=O)O.COc1ccc2c3c1O[C@H]1[C@@H](OP(=O)(O)O)C=C[C@H]4[C@@H](C2)N(C)CC[C@@]341. The predicted octanol–water partition coefficient (Wildman–Crippen LogP) is 2.93. The van der Waals surface area contributed by atoms with Crippen LogP contribution in [0.3, 0.4) is 0 Å². The molecule has 2 aromatic carbocycles. The average molecular weight is 560 g/mol. The number of phosphoric acid groups is 1. The number of hydrogen-bond acceptors (Lipinski definition) is 8. The van der Waals surface area contributed by atoms with Gasteiger partial charge in [0.2, 0.25) is 0 Å². The van der Waals surface area contributed by atoms with E-state index in [0.717, 1.165) is 24.9 Å². The van der Waals surface area contributed by atoms with E-state index in [0.29, 0.717) is 17.5 Å². The maximum atomic E-state index is 11.5. The minimum absolute atomic E-state index is 0.0160. The summed E-state index contributed by atoms with van der Waals surface area (Å²) in [4.78, 5) is 42.3. The number of esters is 1. The summed E-state index contributed by atoms with van der Waals surface area (Å²) in [6.45, 7) is 2.13. The van der Waals surface area contributed by atoms with Crippen molar-refractivity contribution in [1.82, 2.24) is 4.90 Å². The molecule has 11 nitrogen and oxygen atoms in total. The molecule has 0 unspecified atom stereocenters. The number of likely N-dealkylation sites (N-methyl/N-ethyl adjacent to an activating group) is 1. The van der Waals surface area contributed by atoms with E-state index < -0.39 is 32.0 Å². The fraction of sp³-hybridized carbons (Fsp3) is 0.407. The highest BCUT2D eigenvalue weighted by atomic mass is 31.2.